The number of hydrogen-bond donors (Lipinski definition) is 1. The summed E-state index contributed by atoms with van der Waals surface area (Å²) in [5, 5.41) is 2.25. The third-order valence-corrected chi connectivity index (χ3v) is 8.25. The van der Waals surface area contributed by atoms with Crippen molar-refractivity contribution in [1.29, 1.82) is 0 Å². The Hall–Kier alpha value is -1.85. The van der Waals surface area contributed by atoms with Crippen molar-refractivity contribution in [2.24, 2.45) is 5.92 Å². The summed E-state index contributed by atoms with van der Waals surface area (Å²) in [5.41, 5.74) is 5.58. The van der Waals surface area contributed by atoms with Crippen LogP contribution in [-0.2, 0) is 11.2 Å². The molecule has 2 aliphatic heterocycles. The number of quaternary nitrogens is 1. The maximum Gasteiger partial charge on any atom is 0.277 e. The molecule has 5 heteroatoms. The molecule has 1 saturated heterocycles. The molecule has 1 saturated carbocycles. The third-order valence-electron chi connectivity index (χ3n) is 7.25. The molecule has 0 radical (unpaired) electrons. The van der Waals surface area contributed by atoms with Crippen LogP contribution in [0, 0.1) is 19.8 Å². The Kier molecular flexibility index (Phi) is 5.12. The zero-order chi connectivity index (χ0) is 20.0. The fourth-order valence-corrected chi connectivity index (χ4v) is 6.21. The van der Waals surface area contributed by atoms with Crippen molar-refractivity contribution in [3.8, 4) is 0 Å². The molecule has 1 aliphatic carbocycles. The summed E-state index contributed by atoms with van der Waals surface area (Å²) < 4.78 is 0. The van der Waals surface area contributed by atoms with Gasteiger partial charge in [0.05, 0.1) is 6.54 Å². The number of thiophene rings is 1. The van der Waals surface area contributed by atoms with E-state index < -0.39 is 0 Å². The molecule has 2 aromatic rings. The van der Waals surface area contributed by atoms with Crippen molar-refractivity contribution < 1.29 is 9.69 Å². The summed E-state index contributed by atoms with van der Waals surface area (Å²) in [6.45, 7) is 9.73. The molecule has 2 atom stereocenters. The van der Waals surface area contributed by atoms with Crippen molar-refractivity contribution in [1.82, 2.24) is 4.90 Å². The van der Waals surface area contributed by atoms with E-state index in [9.17, 15) is 4.79 Å². The van der Waals surface area contributed by atoms with Gasteiger partial charge in [-0.15, -0.1) is 11.3 Å². The molecule has 4 nitrogen and oxygen atoms in total. The fourth-order valence-electron chi connectivity index (χ4n) is 5.28. The number of fused-ring (bicyclic) bond motifs is 1. The molecule has 5 rings (SSSR count). The van der Waals surface area contributed by atoms with Crippen LogP contribution in [-0.4, -0.2) is 50.1 Å². The van der Waals surface area contributed by atoms with Gasteiger partial charge in [-0.2, -0.15) is 0 Å². The summed E-state index contributed by atoms with van der Waals surface area (Å²) in [4.78, 5) is 20.8. The monoisotopic (exact) mass is 410 g/mol. The van der Waals surface area contributed by atoms with Crippen LogP contribution in [0.3, 0.4) is 0 Å². The first kappa shape index (κ1) is 19.1. The third kappa shape index (κ3) is 3.71. The predicted molar refractivity (Wildman–Crippen MR) is 119 cm³/mol. The predicted octanol–water partition coefficient (Wildman–Crippen LogP) is 2.61. The molecule has 3 aliphatic rings. The van der Waals surface area contributed by atoms with Crippen LogP contribution in [0.1, 0.15) is 40.5 Å². The van der Waals surface area contributed by atoms with E-state index >= 15 is 0 Å². The Bertz CT molecular complexity index is 895. The molecule has 1 unspecified atom stereocenters. The van der Waals surface area contributed by atoms with Crippen LogP contribution < -0.4 is 9.80 Å². The largest absolute Gasteiger partial charge is 0.368 e. The Morgan fingerprint density at radius 2 is 1.93 bits per heavy atom. The van der Waals surface area contributed by atoms with E-state index in [1.165, 1.54) is 34.6 Å². The number of benzene rings is 1. The summed E-state index contributed by atoms with van der Waals surface area (Å²) in [5.74, 6) is 1.15. The lowest BCUT2D eigenvalue weighted by atomic mass is 9.96. The van der Waals surface area contributed by atoms with Crippen LogP contribution in [0.2, 0.25) is 0 Å². The lowest BCUT2D eigenvalue weighted by Crippen LogP contribution is -3.14. The van der Waals surface area contributed by atoms with Gasteiger partial charge in [0.2, 0.25) is 0 Å². The van der Waals surface area contributed by atoms with Gasteiger partial charge in [-0.05, 0) is 55.3 Å². The van der Waals surface area contributed by atoms with Gasteiger partial charge in [-0.3, -0.25) is 4.79 Å². The number of nitrogens with zero attached hydrogens (tertiary/aromatic N) is 2. The molecule has 2 fully saturated rings. The first-order valence-corrected chi connectivity index (χ1v) is 12.0. The molecule has 0 bridgehead atoms. The van der Waals surface area contributed by atoms with E-state index in [1.54, 1.807) is 10.4 Å². The van der Waals surface area contributed by atoms with E-state index in [0.29, 0.717) is 18.5 Å². The molecule has 3 heterocycles. The van der Waals surface area contributed by atoms with E-state index in [2.05, 4.69) is 53.3 Å². The number of nitrogens with one attached hydrogen (secondary N) is 1. The van der Waals surface area contributed by atoms with Crippen LogP contribution in [0.15, 0.2) is 29.6 Å². The number of anilines is 1. The second-order valence-electron chi connectivity index (χ2n) is 9.04. The van der Waals surface area contributed by atoms with Crippen LogP contribution in [0.25, 0.3) is 0 Å². The molecule has 29 heavy (non-hydrogen) atoms. The summed E-state index contributed by atoms with van der Waals surface area (Å²) in [6, 6.07) is 9.43. The highest BCUT2D eigenvalue weighted by atomic mass is 32.1. The van der Waals surface area contributed by atoms with Gasteiger partial charge in [-0.25, -0.2) is 0 Å². The number of aryl methyl sites for hydroxylation is 1. The van der Waals surface area contributed by atoms with E-state index in [1.807, 2.05) is 11.3 Å². The Morgan fingerprint density at radius 1 is 1.14 bits per heavy atom. The number of piperazine rings is 1. The molecule has 1 amide bonds. The standard InChI is InChI=1S/C24H31N3OS/c1-17-4-3-5-21(18(17)2)25-11-13-26(14-12-25)23(28)16-27-10-8-22-20(9-15-29-22)24(27)19-6-7-19/h3-5,9,15,19,24H,6-8,10-14,16H2,1-2H3/p+1/t24-/m0/s1. The number of amides is 1. The highest BCUT2D eigenvalue weighted by Crippen LogP contribution is 2.42. The number of carbonyl (C=O) groups is 1. The minimum atomic E-state index is 0.352. The number of rotatable bonds is 4. The quantitative estimate of drug-likeness (QED) is 0.839. The van der Waals surface area contributed by atoms with Crippen molar-refractivity contribution in [3.63, 3.8) is 0 Å². The highest BCUT2D eigenvalue weighted by molar-refractivity contribution is 7.10. The van der Waals surface area contributed by atoms with Crippen molar-refractivity contribution >= 4 is 22.9 Å². The van der Waals surface area contributed by atoms with Crippen molar-refractivity contribution in [3.05, 3.63) is 51.2 Å². The van der Waals surface area contributed by atoms with Gasteiger partial charge < -0.3 is 14.7 Å². The molecule has 0 spiro atoms. The topological polar surface area (TPSA) is 28.0 Å². The van der Waals surface area contributed by atoms with Crippen LogP contribution in [0.4, 0.5) is 5.69 Å². The average Bonchev–Trinajstić information content (AvgIpc) is 3.46. The SMILES string of the molecule is Cc1cccc(N2CCN(C(=O)C[NH+]3CCc4sccc4[C@@H]3C3CC3)CC2)c1C. The summed E-state index contributed by atoms with van der Waals surface area (Å²) in [6.07, 6.45) is 3.82. The van der Waals surface area contributed by atoms with Crippen molar-refractivity contribution in [2.75, 3.05) is 44.2 Å². The summed E-state index contributed by atoms with van der Waals surface area (Å²) in [7, 11) is 0. The van der Waals surface area contributed by atoms with Gasteiger partial charge in [0, 0.05) is 54.6 Å². The summed E-state index contributed by atoms with van der Waals surface area (Å²) >= 11 is 1.91. The Labute approximate surface area is 178 Å². The Morgan fingerprint density at radius 3 is 2.69 bits per heavy atom. The zero-order valence-electron chi connectivity index (χ0n) is 17.6. The first-order chi connectivity index (χ1) is 14.1. The fraction of sp³-hybridized carbons (Fsp3) is 0.542. The van der Waals surface area contributed by atoms with Gasteiger partial charge in [-0.1, -0.05) is 12.1 Å². The van der Waals surface area contributed by atoms with Gasteiger partial charge in [0.15, 0.2) is 6.54 Å². The highest BCUT2D eigenvalue weighted by Gasteiger charge is 2.44. The van der Waals surface area contributed by atoms with Gasteiger partial charge in [0.25, 0.3) is 5.91 Å². The maximum atomic E-state index is 13.2. The second kappa shape index (κ2) is 7.77. The number of carbonyl (C=O) groups excluding carboxylic acids is 1. The van der Waals surface area contributed by atoms with Gasteiger partial charge in [0.1, 0.15) is 6.04 Å². The molecule has 1 aromatic heterocycles. The maximum absolute atomic E-state index is 13.2. The molecule has 1 aromatic carbocycles. The molecule has 1 N–H and O–H groups in total. The first-order valence-electron chi connectivity index (χ1n) is 11.1. The van der Waals surface area contributed by atoms with Crippen molar-refractivity contribution in [2.45, 2.75) is 39.2 Å². The molecule has 154 valence electrons. The lowest BCUT2D eigenvalue weighted by Gasteiger charge is -2.38. The Balaban J connectivity index is 1.22. The molecular weight excluding hydrogens is 378 g/mol. The normalized spacial score (nSPS) is 24.5. The smallest absolute Gasteiger partial charge is 0.277 e. The van der Waals surface area contributed by atoms with Crippen LogP contribution in [0.5, 0.6) is 0 Å². The van der Waals surface area contributed by atoms with E-state index in [0.717, 1.165) is 45.1 Å². The molecular formula is C24H32N3OS+. The van der Waals surface area contributed by atoms with Gasteiger partial charge >= 0.3 is 0 Å². The van der Waals surface area contributed by atoms with E-state index in [4.69, 9.17) is 0 Å². The van der Waals surface area contributed by atoms with E-state index in [-0.39, 0.29) is 0 Å². The minimum Gasteiger partial charge on any atom is -0.368 e. The number of hydrogen-bond acceptors (Lipinski definition) is 3. The van der Waals surface area contributed by atoms with Crippen LogP contribution >= 0.6 is 11.3 Å². The average molecular weight is 411 g/mol. The minimum absolute atomic E-state index is 0.352. The lowest BCUT2D eigenvalue weighted by molar-refractivity contribution is -0.929. The zero-order valence-corrected chi connectivity index (χ0v) is 18.4. The second-order valence-corrected chi connectivity index (χ2v) is 10.0.